The molecule has 0 bridgehead atoms. The zero-order valence-electron chi connectivity index (χ0n) is 13.7. The molecule has 0 atom stereocenters. The molecule has 0 aromatic heterocycles. The van der Waals surface area contributed by atoms with E-state index in [1.54, 1.807) is 18.2 Å². The van der Waals surface area contributed by atoms with Crippen LogP contribution < -0.4 is 10.1 Å². The summed E-state index contributed by atoms with van der Waals surface area (Å²) in [5.41, 5.74) is 1.27. The van der Waals surface area contributed by atoms with Gasteiger partial charge in [-0.15, -0.1) is 0 Å². The molecule has 0 aliphatic carbocycles. The number of nitrogens with one attached hydrogen (secondary N) is 1. The summed E-state index contributed by atoms with van der Waals surface area (Å²) in [5, 5.41) is 2.55. The molecule has 0 spiro atoms. The summed E-state index contributed by atoms with van der Waals surface area (Å²) in [6, 6.07) is 10.6. The minimum Gasteiger partial charge on any atom is -0.491 e. The van der Waals surface area contributed by atoms with Crippen molar-refractivity contribution in [1.29, 1.82) is 0 Å². The lowest BCUT2D eigenvalue weighted by Crippen LogP contribution is -2.24. The Labute approximate surface area is 143 Å². The van der Waals surface area contributed by atoms with Crippen molar-refractivity contribution >= 4 is 17.8 Å². The molecule has 0 saturated heterocycles. The van der Waals surface area contributed by atoms with Crippen LogP contribution in [-0.4, -0.2) is 17.8 Å². The maximum Gasteiger partial charge on any atom is 0.275 e. The quantitative estimate of drug-likeness (QED) is 0.862. The molecule has 0 radical (unpaired) electrons. The Bertz CT molecular complexity index is 871. The predicted octanol–water partition coefficient (Wildman–Crippen LogP) is 3.67. The number of nitrogens with zero attached hydrogens (tertiary/aromatic N) is 1. The number of hydrogen-bond acceptors (Lipinski definition) is 3. The van der Waals surface area contributed by atoms with Gasteiger partial charge in [0, 0.05) is 5.56 Å². The first-order chi connectivity index (χ1) is 11.9. The van der Waals surface area contributed by atoms with E-state index in [2.05, 4.69) is 10.3 Å². The molecule has 3 rings (SSSR count). The highest BCUT2D eigenvalue weighted by Crippen LogP contribution is 2.19. The van der Waals surface area contributed by atoms with Crippen molar-refractivity contribution in [3.63, 3.8) is 0 Å². The summed E-state index contributed by atoms with van der Waals surface area (Å²) < 4.78 is 31.9. The van der Waals surface area contributed by atoms with Crippen LogP contribution in [0.4, 0.5) is 8.78 Å². The van der Waals surface area contributed by atoms with E-state index < -0.39 is 17.5 Å². The van der Waals surface area contributed by atoms with E-state index in [1.165, 1.54) is 6.07 Å². The first-order valence-electron chi connectivity index (χ1n) is 7.76. The number of rotatable bonds is 4. The van der Waals surface area contributed by atoms with Gasteiger partial charge in [-0.25, -0.2) is 13.8 Å². The second-order valence-electron chi connectivity index (χ2n) is 5.81. The van der Waals surface area contributed by atoms with Crippen molar-refractivity contribution in [3.05, 3.63) is 70.9 Å². The fraction of sp³-hybridized carbons (Fsp3) is 0.158. The van der Waals surface area contributed by atoms with Crippen molar-refractivity contribution in [3.8, 4) is 5.75 Å². The van der Waals surface area contributed by atoms with Gasteiger partial charge < -0.3 is 10.1 Å². The molecule has 1 amide bonds. The Hall–Kier alpha value is -3.02. The summed E-state index contributed by atoms with van der Waals surface area (Å²) in [7, 11) is 0. The van der Waals surface area contributed by atoms with Crippen LogP contribution in [0.5, 0.6) is 5.75 Å². The second-order valence-corrected chi connectivity index (χ2v) is 5.81. The number of halogens is 2. The summed E-state index contributed by atoms with van der Waals surface area (Å²) in [4.78, 5) is 16.2. The zero-order valence-corrected chi connectivity index (χ0v) is 13.7. The number of amidine groups is 1. The molecule has 25 heavy (non-hydrogen) atoms. The first kappa shape index (κ1) is 16.8. The molecule has 1 N–H and O–H groups in total. The SMILES string of the molecule is CC(C)Oc1ccc(/C=C2/N=C(c3ccc(F)c(F)c3)NC2=O)cc1. The van der Waals surface area contributed by atoms with Gasteiger partial charge in [-0.05, 0) is 55.8 Å². The third kappa shape index (κ3) is 3.91. The van der Waals surface area contributed by atoms with Crippen LogP contribution in [0.25, 0.3) is 6.08 Å². The Morgan fingerprint density at radius 3 is 2.44 bits per heavy atom. The van der Waals surface area contributed by atoms with Gasteiger partial charge in [-0.2, -0.15) is 0 Å². The number of ether oxygens (including phenoxy) is 1. The largest absolute Gasteiger partial charge is 0.491 e. The van der Waals surface area contributed by atoms with Crippen LogP contribution in [0, 0.1) is 11.6 Å². The first-order valence-corrected chi connectivity index (χ1v) is 7.76. The maximum atomic E-state index is 13.3. The van der Waals surface area contributed by atoms with Crippen LogP contribution in [0.1, 0.15) is 25.0 Å². The van der Waals surface area contributed by atoms with Crippen LogP contribution in [-0.2, 0) is 4.79 Å². The van der Waals surface area contributed by atoms with Gasteiger partial charge in [-0.1, -0.05) is 12.1 Å². The molecule has 128 valence electrons. The second kappa shape index (κ2) is 6.84. The molecule has 1 aliphatic heterocycles. The number of aliphatic imine (C=N–C) groups is 1. The average Bonchev–Trinajstić information content (AvgIpc) is 2.92. The monoisotopic (exact) mass is 342 g/mol. The van der Waals surface area contributed by atoms with E-state index in [-0.39, 0.29) is 17.6 Å². The topological polar surface area (TPSA) is 50.7 Å². The molecule has 6 heteroatoms. The van der Waals surface area contributed by atoms with E-state index in [1.807, 2.05) is 26.0 Å². The van der Waals surface area contributed by atoms with E-state index in [0.29, 0.717) is 5.56 Å². The van der Waals surface area contributed by atoms with Crippen LogP contribution in [0.3, 0.4) is 0 Å². The van der Waals surface area contributed by atoms with Gasteiger partial charge in [-0.3, -0.25) is 4.79 Å². The Morgan fingerprint density at radius 2 is 1.80 bits per heavy atom. The summed E-state index contributed by atoms with van der Waals surface area (Å²) in [6.07, 6.45) is 1.69. The highest BCUT2D eigenvalue weighted by atomic mass is 19.2. The lowest BCUT2D eigenvalue weighted by atomic mass is 10.2. The van der Waals surface area contributed by atoms with Crippen LogP contribution >= 0.6 is 0 Å². The van der Waals surface area contributed by atoms with E-state index in [4.69, 9.17) is 4.74 Å². The molecule has 2 aromatic carbocycles. The van der Waals surface area contributed by atoms with Gasteiger partial charge in [0.05, 0.1) is 6.10 Å². The number of hydrogen-bond donors (Lipinski definition) is 1. The maximum absolute atomic E-state index is 13.3. The average molecular weight is 342 g/mol. The number of amides is 1. The van der Waals surface area contributed by atoms with Crippen molar-refractivity contribution in [1.82, 2.24) is 5.32 Å². The normalized spacial score (nSPS) is 15.5. The van der Waals surface area contributed by atoms with Gasteiger partial charge in [0.25, 0.3) is 5.91 Å². The van der Waals surface area contributed by atoms with Gasteiger partial charge in [0.1, 0.15) is 17.3 Å². The van der Waals surface area contributed by atoms with Gasteiger partial charge >= 0.3 is 0 Å². The Kier molecular flexibility index (Phi) is 4.61. The Morgan fingerprint density at radius 1 is 1.08 bits per heavy atom. The summed E-state index contributed by atoms with van der Waals surface area (Å²) in [6.45, 7) is 3.88. The molecule has 0 unspecified atom stereocenters. The Balaban J connectivity index is 1.84. The minimum atomic E-state index is -0.993. The molecule has 1 heterocycles. The third-order valence-corrected chi connectivity index (χ3v) is 3.45. The van der Waals surface area contributed by atoms with Crippen molar-refractivity contribution in [2.24, 2.45) is 4.99 Å². The molecule has 2 aromatic rings. The molecule has 0 saturated carbocycles. The van der Waals surface area contributed by atoms with Crippen LogP contribution in [0.2, 0.25) is 0 Å². The number of carbonyl (C=O) groups excluding carboxylic acids is 1. The van der Waals surface area contributed by atoms with E-state index in [0.717, 1.165) is 23.4 Å². The van der Waals surface area contributed by atoms with Crippen molar-refractivity contribution in [2.45, 2.75) is 20.0 Å². The molecular formula is C19H16F2N2O2. The van der Waals surface area contributed by atoms with E-state index >= 15 is 0 Å². The lowest BCUT2D eigenvalue weighted by molar-refractivity contribution is -0.115. The van der Waals surface area contributed by atoms with Gasteiger partial charge in [0.2, 0.25) is 0 Å². The predicted molar refractivity (Wildman–Crippen MR) is 91.2 cm³/mol. The molecule has 1 aliphatic rings. The number of carbonyl (C=O) groups is 1. The highest BCUT2D eigenvalue weighted by molar-refractivity contribution is 6.19. The molecule has 0 fully saturated rings. The zero-order chi connectivity index (χ0) is 18.0. The molecular weight excluding hydrogens is 326 g/mol. The minimum absolute atomic E-state index is 0.0769. The van der Waals surface area contributed by atoms with Crippen molar-refractivity contribution in [2.75, 3.05) is 0 Å². The lowest BCUT2D eigenvalue weighted by Gasteiger charge is -2.09. The fourth-order valence-electron chi connectivity index (χ4n) is 2.32. The van der Waals surface area contributed by atoms with E-state index in [9.17, 15) is 13.6 Å². The standard InChI is InChI=1S/C19H16F2N2O2/c1-11(2)25-14-6-3-12(4-7-14)9-17-19(24)23-18(22-17)13-5-8-15(20)16(21)10-13/h3-11H,1-2H3,(H,22,23,24)/b17-9+. The molecule has 4 nitrogen and oxygen atoms in total. The fourth-order valence-corrected chi connectivity index (χ4v) is 2.32. The summed E-state index contributed by atoms with van der Waals surface area (Å²) in [5.74, 6) is -1.42. The highest BCUT2D eigenvalue weighted by Gasteiger charge is 2.21. The smallest absolute Gasteiger partial charge is 0.275 e. The number of benzene rings is 2. The van der Waals surface area contributed by atoms with Gasteiger partial charge in [0.15, 0.2) is 11.6 Å². The summed E-state index contributed by atoms with van der Waals surface area (Å²) >= 11 is 0. The van der Waals surface area contributed by atoms with Crippen LogP contribution in [0.15, 0.2) is 53.2 Å². The third-order valence-electron chi connectivity index (χ3n) is 3.45. The van der Waals surface area contributed by atoms with Crippen molar-refractivity contribution < 1.29 is 18.3 Å².